The number of aromatic amines is 1. The molecular formula is C16H19N3O4. The molecule has 0 bridgehead atoms. The average molecular weight is 317 g/mol. The molecule has 0 aliphatic rings. The van der Waals surface area contributed by atoms with Crippen LogP contribution in [0.4, 0.5) is 0 Å². The van der Waals surface area contributed by atoms with E-state index in [2.05, 4.69) is 10.3 Å². The van der Waals surface area contributed by atoms with Crippen LogP contribution in [0.25, 0.3) is 10.9 Å². The van der Waals surface area contributed by atoms with E-state index in [0.29, 0.717) is 5.69 Å². The maximum Gasteiger partial charge on any atom is 0.308 e. The minimum absolute atomic E-state index is 0.0937. The lowest BCUT2D eigenvalue weighted by molar-refractivity contribution is -0.142. The standard InChI is InChI=1S/C16H19N3O4/c1-10(16(22)23)9-19(2)14(20)8-17-15(21)13-7-11-5-3-4-6-12(11)18-13/h3-7,10,18H,8-9H2,1-2H3,(H,17,21)(H,22,23). The van der Waals surface area contributed by atoms with Crippen molar-refractivity contribution in [3.05, 3.63) is 36.0 Å². The summed E-state index contributed by atoms with van der Waals surface area (Å²) in [6.45, 7) is 1.43. The van der Waals surface area contributed by atoms with E-state index in [1.54, 1.807) is 6.07 Å². The van der Waals surface area contributed by atoms with Gasteiger partial charge in [0, 0.05) is 24.5 Å². The number of amides is 2. The molecule has 2 amide bonds. The number of para-hydroxylation sites is 1. The van der Waals surface area contributed by atoms with E-state index in [0.717, 1.165) is 10.9 Å². The number of nitrogens with zero attached hydrogens (tertiary/aromatic N) is 1. The van der Waals surface area contributed by atoms with Gasteiger partial charge in [-0.05, 0) is 12.1 Å². The summed E-state index contributed by atoms with van der Waals surface area (Å²) in [4.78, 5) is 39.0. The Bertz CT molecular complexity index is 705. The highest BCUT2D eigenvalue weighted by molar-refractivity contribution is 5.99. The lowest BCUT2D eigenvalue weighted by atomic mass is 10.2. The van der Waals surface area contributed by atoms with Gasteiger partial charge in [-0.15, -0.1) is 0 Å². The molecule has 1 heterocycles. The van der Waals surface area contributed by atoms with E-state index in [9.17, 15) is 14.4 Å². The van der Waals surface area contributed by atoms with Gasteiger partial charge in [0.05, 0.1) is 12.5 Å². The second-order valence-electron chi connectivity index (χ2n) is 5.47. The van der Waals surface area contributed by atoms with Crippen molar-refractivity contribution in [2.24, 2.45) is 5.92 Å². The lowest BCUT2D eigenvalue weighted by Crippen LogP contribution is -2.40. The van der Waals surface area contributed by atoms with Crippen molar-refractivity contribution in [3.63, 3.8) is 0 Å². The Hall–Kier alpha value is -2.83. The number of carboxylic acid groups (broad SMARTS) is 1. The number of carbonyl (C=O) groups is 3. The highest BCUT2D eigenvalue weighted by Crippen LogP contribution is 2.14. The second-order valence-corrected chi connectivity index (χ2v) is 5.47. The molecule has 2 rings (SSSR count). The van der Waals surface area contributed by atoms with Crippen LogP contribution in [0.3, 0.4) is 0 Å². The first-order valence-corrected chi connectivity index (χ1v) is 7.21. The predicted octanol–water partition coefficient (Wildman–Crippen LogP) is 1.08. The molecule has 1 atom stereocenters. The summed E-state index contributed by atoms with van der Waals surface area (Å²) in [5.41, 5.74) is 1.22. The van der Waals surface area contributed by atoms with Gasteiger partial charge in [0.1, 0.15) is 5.69 Å². The zero-order valence-electron chi connectivity index (χ0n) is 13.0. The van der Waals surface area contributed by atoms with Crippen LogP contribution < -0.4 is 5.32 Å². The van der Waals surface area contributed by atoms with E-state index in [-0.39, 0.29) is 24.9 Å². The van der Waals surface area contributed by atoms with Crippen molar-refractivity contribution in [3.8, 4) is 0 Å². The number of rotatable bonds is 6. The molecule has 0 saturated heterocycles. The van der Waals surface area contributed by atoms with Crippen molar-refractivity contribution in [1.82, 2.24) is 15.2 Å². The molecule has 0 spiro atoms. The van der Waals surface area contributed by atoms with Crippen molar-refractivity contribution >= 4 is 28.7 Å². The minimum atomic E-state index is -0.966. The van der Waals surface area contributed by atoms with Crippen molar-refractivity contribution in [2.75, 3.05) is 20.1 Å². The van der Waals surface area contributed by atoms with Crippen LogP contribution in [0.15, 0.2) is 30.3 Å². The number of H-pyrrole nitrogens is 1. The molecule has 23 heavy (non-hydrogen) atoms. The molecule has 122 valence electrons. The molecule has 7 nitrogen and oxygen atoms in total. The maximum absolute atomic E-state index is 12.1. The van der Waals surface area contributed by atoms with Gasteiger partial charge in [-0.3, -0.25) is 14.4 Å². The Morgan fingerprint density at radius 3 is 2.65 bits per heavy atom. The van der Waals surface area contributed by atoms with Gasteiger partial charge in [0.15, 0.2) is 0 Å². The molecule has 0 aliphatic carbocycles. The summed E-state index contributed by atoms with van der Waals surface area (Å²) in [5, 5.41) is 12.3. The Morgan fingerprint density at radius 1 is 1.30 bits per heavy atom. The molecule has 3 N–H and O–H groups in total. The van der Waals surface area contributed by atoms with Gasteiger partial charge in [-0.1, -0.05) is 25.1 Å². The van der Waals surface area contributed by atoms with Gasteiger partial charge in [-0.25, -0.2) is 0 Å². The highest BCUT2D eigenvalue weighted by atomic mass is 16.4. The normalized spacial score (nSPS) is 11.9. The molecule has 1 aromatic heterocycles. The van der Waals surface area contributed by atoms with E-state index >= 15 is 0 Å². The number of carbonyl (C=O) groups excluding carboxylic acids is 2. The number of carboxylic acids is 1. The number of aromatic nitrogens is 1. The lowest BCUT2D eigenvalue weighted by Gasteiger charge is -2.19. The molecule has 0 fully saturated rings. The smallest absolute Gasteiger partial charge is 0.308 e. The summed E-state index contributed by atoms with van der Waals surface area (Å²) >= 11 is 0. The molecule has 0 radical (unpaired) electrons. The van der Waals surface area contributed by atoms with Crippen molar-refractivity contribution in [1.29, 1.82) is 0 Å². The third-order valence-electron chi connectivity index (χ3n) is 3.57. The topological polar surface area (TPSA) is 103 Å². The Kier molecular flexibility index (Phi) is 5.00. The van der Waals surface area contributed by atoms with Crippen LogP contribution in [-0.2, 0) is 9.59 Å². The van der Waals surface area contributed by atoms with Gasteiger partial charge in [-0.2, -0.15) is 0 Å². The van der Waals surface area contributed by atoms with Crippen LogP contribution in [0.5, 0.6) is 0 Å². The zero-order chi connectivity index (χ0) is 17.0. The van der Waals surface area contributed by atoms with E-state index < -0.39 is 11.9 Å². The van der Waals surface area contributed by atoms with Gasteiger partial charge >= 0.3 is 5.97 Å². The van der Waals surface area contributed by atoms with Crippen LogP contribution in [0.1, 0.15) is 17.4 Å². The predicted molar refractivity (Wildman–Crippen MR) is 85.1 cm³/mol. The number of fused-ring (bicyclic) bond motifs is 1. The van der Waals surface area contributed by atoms with E-state index in [1.165, 1.54) is 18.9 Å². The van der Waals surface area contributed by atoms with E-state index in [1.807, 2.05) is 24.3 Å². The Labute approximate surface area is 133 Å². The number of benzene rings is 1. The van der Waals surface area contributed by atoms with Crippen LogP contribution in [-0.4, -0.2) is 52.9 Å². The number of aliphatic carboxylic acids is 1. The monoisotopic (exact) mass is 317 g/mol. The van der Waals surface area contributed by atoms with Crippen molar-refractivity contribution in [2.45, 2.75) is 6.92 Å². The van der Waals surface area contributed by atoms with Crippen LogP contribution in [0.2, 0.25) is 0 Å². The summed E-state index contributed by atoms with van der Waals surface area (Å²) in [6, 6.07) is 9.20. The average Bonchev–Trinajstić information content (AvgIpc) is 2.96. The first-order valence-electron chi connectivity index (χ1n) is 7.21. The molecule has 1 unspecified atom stereocenters. The first-order chi connectivity index (χ1) is 10.9. The molecule has 0 saturated carbocycles. The Balaban J connectivity index is 1.90. The maximum atomic E-state index is 12.1. The fourth-order valence-electron chi connectivity index (χ4n) is 2.17. The molecule has 2 aromatic rings. The zero-order valence-corrected chi connectivity index (χ0v) is 13.0. The largest absolute Gasteiger partial charge is 0.481 e. The van der Waals surface area contributed by atoms with Gasteiger partial charge in [0.2, 0.25) is 5.91 Å². The molecular weight excluding hydrogens is 298 g/mol. The number of hydrogen-bond donors (Lipinski definition) is 3. The third-order valence-corrected chi connectivity index (χ3v) is 3.57. The first kappa shape index (κ1) is 16.5. The minimum Gasteiger partial charge on any atom is -0.481 e. The van der Waals surface area contributed by atoms with Crippen LogP contribution in [0, 0.1) is 5.92 Å². The quantitative estimate of drug-likeness (QED) is 0.741. The summed E-state index contributed by atoms with van der Waals surface area (Å²) < 4.78 is 0. The van der Waals surface area contributed by atoms with Crippen molar-refractivity contribution < 1.29 is 19.5 Å². The summed E-state index contributed by atoms with van der Waals surface area (Å²) in [7, 11) is 1.51. The molecule has 0 aliphatic heterocycles. The number of likely N-dealkylation sites (N-methyl/N-ethyl adjacent to an activating group) is 1. The summed E-state index contributed by atoms with van der Waals surface area (Å²) in [5.74, 6) is -2.35. The highest BCUT2D eigenvalue weighted by Gasteiger charge is 2.18. The SMILES string of the molecule is CC(CN(C)C(=O)CNC(=O)c1cc2ccccc2[nH]1)C(=O)O. The third kappa shape index (κ3) is 4.09. The fraction of sp³-hybridized carbons (Fsp3) is 0.312. The Morgan fingerprint density at radius 2 is 2.00 bits per heavy atom. The second kappa shape index (κ2) is 6.95. The molecule has 1 aromatic carbocycles. The molecule has 7 heteroatoms. The fourth-order valence-corrected chi connectivity index (χ4v) is 2.17. The van der Waals surface area contributed by atoms with Gasteiger partial charge in [0.25, 0.3) is 5.91 Å². The summed E-state index contributed by atoms with van der Waals surface area (Å²) in [6.07, 6.45) is 0. The number of hydrogen-bond acceptors (Lipinski definition) is 3. The van der Waals surface area contributed by atoms with E-state index in [4.69, 9.17) is 5.11 Å². The number of nitrogens with one attached hydrogen (secondary N) is 2. The van der Waals surface area contributed by atoms with Gasteiger partial charge < -0.3 is 20.3 Å². The van der Waals surface area contributed by atoms with Crippen LogP contribution >= 0.6 is 0 Å².